The topological polar surface area (TPSA) is 35.1 Å². The second-order valence-electron chi connectivity index (χ2n) is 6.35. The Morgan fingerprint density at radius 2 is 1.46 bits per heavy atom. The molecule has 2 aromatic heterocycles. The van der Waals surface area contributed by atoms with Gasteiger partial charge in [-0.2, -0.15) is 5.10 Å². The molecule has 4 nitrogen and oxygen atoms in total. The Morgan fingerprint density at radius 3 is 2.12 bits per heavy atom. The summed E-state index contributed by atoms with van der Waals surface area (Å²) < 4.78 is 3.83. The zero-order valence-electron chi connectivity index (χ0n) is 14.4. The molecule has 0 aliphatic heterocycles. The quantitative estimate of drug-likeness (QED) is 0.552. The molecule has 0 fully saturated rings. The monoisotopic (exact) mass is 316 g/mol. The maximum atomic E-state index is 4.69. The van der Waals surface area contributed by atoms with Crippen molar-refractivity contribution in [2.24, 2.45) is 7.05 Å². The molecule has 0 aliphatic rings. The van der Waals surface area contributed by atoms with E-state index < -0.39 is 0 Å². The summed E-state index contributed by atoms with van der Waals surface area (Å²) in [5.41, 5.74) is 7.16. The van der Waals surface area contributed by atoms with Crippen molar-refractivity contribution in [1.29, 1.82) is 0 Å². The number of nitrogens with zero attached hydrogens (tertiary/aromatic N) is 4. The predicted molar refractivity (Wildman–Crippen MR) is 97.0 cm³/mol. The van der Waals surface area contributed by atoms with Crippen LogP contribution >= 0.6 is 0 Å². The molecule has 4 aromatic rings. The van der Waals surface area contributed by atoms with Crippen molar-refractivity contribution >= 4 is 5.78 Å². The molecule has 0 saturated heterocycles. The lowest BCUT2D eigenvalue weighted by molar-refractivity contribution is 0.866. The third-order valence-electron chi connectivity index (χ3n) is 4.73. The Hall–Kier alpha value is -2.88. The fourth-order valence-electron chi connectivity index (χ4n) is 2.92. The van der Waals surface area contributed by atoms with Crippen LogP contribution in [-0.4, -0.2) is 19.2 Å². The van der Waals surface area contributed by atoms with Crippen LogP contribution in [0.4, 0.5) is 0 Å². The second-order valence-corrected chi connectivity index (χ2v) is 6.35. The van der Waals surface area contributed by atoms with E-state index in [9.17, 15) is 0 Å². The summed E-state index contributed by atoms with van der Waals surface area (Å²) in [6.45, 7) is 6.27. The van der Waals surface area contributed by atoms with Gasteiger partial charge in [0.2, 0.25) is 5.78 Å². The van der Waals surface area contributed by atoms with E-state index in [1.807, 2.05) is 29.3 Å². The molecule has 0 unspecified atom stereocenters. The molecule has 0 radical (unpaired) electrons. The number of hydrogen-bond donors (Lipinski definition) is 0. The minimum absolute atomic E-state index is 0.862. The lowest BCUT2D eigenvalue weighted by Gasteiger charge is -2.06. The summed E-state index contributed by atoms with van der Waals surface area (Å²) in [6, 6.07) is 15.1. The summed E-state index contributed by atoms with van der Waals surface area (Å²) in [4.78, 5) is 4.69. The predicted octanol–water partition coefficient (Wildman–Crippen LogP) is 4.33. The molecule has 0 spiro atoms. The average molecular weight is 316 g/mol. The average Bonchev–Trinajstić information content (AvgIpc) is 3.10. The van der Waals surface area contributed by atoms with Crippen molar-refractivity contribution in [1.82, 2.24) is 19.2 Å². The number of benzene rings is 2. The Labute approximate surface area is 141 Å². The number of rotatable bonds is 2. The molecule has 4 heteroatoms. The highest BCUT2D eigenvalue weighted by atomic mass is 15.4. The van der Waals surface area contributed by atoms with Gasteiger partial charge in [0, 0.05) is 12.6 Å². The van der Waals surface area contributed by atoms with E-state index in [1.54, 1.807) is 0 Å². The van der Waals surface area contributed by atoms with Gasteiger partial charge < -0.3 is 4.57 Å². The number of fused-ring (bicyclic) bond motifs is 1. The third kappa shape index (κ3) is 2.31. The summed E-state index contributed by atoms with van der Waals surface area (Å²) in [5.74, 6) is 1.81. The molecule has 2 aromatic carbocycles. The van der Waals surface area contributed by atoms with Gasteiger partial charge in [-0.1, -0.05) is 42.5 Å². The number of imidazole rings is 1. The van der Waals surface area contributed by atoms with Crippen molar-refractivity contribution < 1.29 is 0 Å². The Bertz CT molecular complexity index is 1040. The Morgan fingerprint density at radius 1 is 0.792 bits per heavy atom. The molecule has 4 rings (SSSR count). The standard InChI is InChI=1S/C20H20N4/c1-13-5-6-18(11-14(13)2)16-7-9-17(10-8-16)19-12-24-20(21-19)23(4)15(3)22-24/h5-12H,1-4H3. The molecule has 0 bridgehead atoms. The van der Waals surface area contributed by atoms with Crippen LogP contribution in [0.2, 0.25) is 0 Å². The molecular formula is C20H20N4. The van der Waals surface area contributed by atoms with Crippen LogP contribution in [0.1, 0.15) is 17.0 Å². The molecule has 0 atom stereocenters. The van der Waals surface area contributed by atoms with E-state index in [0.717, 1.165) is 22.9 Å². The number of aryl methyl sites for hydroxylation is 4. The van der Waals surface area contributed by atoms with Crippen molar-refractivity contribution in [3.05, 3.63) is 65.6 Å². The zero-order valence-corrected chi connectivity index (χ0v) is 14.4. The molecule has 24 heavy (non-hydrogen) atoms. The van der Waals surface area contributed by atoms with Gasteiger partial charge in [0.15, 0.2) is 0 Å². The maximum absolute atomic E-state index is 4.69. The molecule has 0 amide bonds. The summed E-state index contributed by atoms with van der Waals surface area (Å²) in [5, 5.41) is 4.46. The van der Waals surface area contributed by atoms with Crippen molar-refractivity contribution in [3.63, 3.8) is 0 Å². The summed E-state index contributed by atoms with van der Waals surface area (Å²) in [6.07, 6.45) is 1.98. The maximum Gasteiger partial charge on any atom is 0.232 e. The van der Waals surface area contributed by atoms with E-state index in [1.165, 1.54) is 22.3 Å². The smallest absolute Gasteiger partial charge is 0.232 e. The highest BCUT2D eigenvalue weighted by molar-refractivity contribution is 5.70. The van der Waals surface area contributed by atoms with Gasteiger partial charge in [0.25, 0.3) is 0 Å². The van der Waals surface area contributed by atoms with Crippen LogP contribution in [0, 0.1) is 20.8 Å². The minimum Gasteiger partial charge on any atom is -0.300 e. The molecular weight excluding hydrogens is 296 g/mol. The second kappa shape index (κ2) is 5.34. The Balaban J connectivity index is 1.70. The SMILES string of the molecule is Cc1ccc(-c2ccc(-c3cn4nc(C)n(C)c4n3)cc2)cc1C. The van der Waals surface area contributed by atoms with E-state index in [2.05, 4.69) is 61.4 Å². The Kier molecular flexibility index (Phi) is 3.27. The fourth-order valence-corrected chi connectivity index (χ4v) is 2.92. The fraction of sp³-hybridized carbons (Fsp3) is 0.200. The van der Waals surface area contributed by atoms with Crippen molar-refractivity contribution in [2.45, 2.75) is 20.8 Å². The lowest BCUT2D eigenvalue weighted by atomic mass is 9.99. The van der Waals surface area contributed by atoms with Crippen LogP contribution in [0.3, 0.4) is 0 Å². The first kappa shape index (κ1) is 14.7. The minimum atomic E-state index is 0.862. The van der Waals surface area contributed by atoms with Gasteiger partial charge in [0.1, 0.15) is 5.82 Å². The first-order chi connectivity index (χ1) is 11.5. The molecule has 0 N–H and O–H groups in total. The van der Waals surface area contributed by atoms with Gasteiger partial charge >= 0.3 is 0 Å². The molecule has 0 saturated carbocycles. The van der Waals surface area contributed by atoms with Crippen molar-refractivity contribution in [3.8, 4) is 22.4 Å². The van der Waals surface area contributed by atoms with Crippen LogP contribution in [0.5, 0.6) is 0 Å². The van der Waals surface area contributed by atoms with Crippen LogP contribution < -0.4 is 0 Å². The molecule has 120 valence electrons. The summed E-state index contributed by atoms with van der Waals surface area (Å²) >= 11 is 0. The first-order valence-corrected chi connectivity index (χ1v) is 8.10. The van der Waals surface area contributed by atoms with E-state index in [4.69, 9.17) is 4.98 Å². The van der Waals surface area contributed by atoms with Crippen LogP contribution in [0.15, 0.2) is 48.7 Å². The zero-order chi connectivity index (χ0) is 16.8. The van der Waals surface area contributed by atoms with Crippen LogP contribution in [0.25, 0.3) is 28.2 Å². The number of aromatic nitrogens is 4. The van der Waals surface area contributed by atoms with Gasteiger partial charge in [0.05, 0.1) is 11.9 Å². The molecule has 2 heterocycles. The largest absolute Gasteiger partial charge is 0.300 e. The van der Waals surface area contributed by atoms with Crippen LogP contribution in [-0.2, 0) is 7.05 Å². The summed E-state index contributed by atoms with van der Waals surface area (Å²) in [7, 11) is 1.98. The number of hydrogen-bond acceptors (Lipinski definition) is 2. The highest BCUT2D eigenvalue weighted by Crippen LogP contribution is 2.26. The van der Waals surface area contributed by atoms with Gasteiger partial charge in [-0.15, -0.1) is 0 Å². The normalized spacial score (nSPS) is 11.3. The van der Waals surface area contributed by atoms with E-state index >= 15 is 0 Å². The molecule has 0 aliphatic carbocycles. The van der Waals surface area contributed by atoms with E-state index in [0.29, 0.717) is 0 Å². The highest BCUT2D eigenvalue weighted by Gasteiger charge is 2.10. The van der Waals surface area contributed by atoms with Gasteiger partial charge in [-0.25, -0.2) is 9.50 Å². The lowest BCUT2D eigenvalue weighted by Crippen LogP contribution is -1.91. The van der Waals surface area contributed by atoms with E-state index in [-0.39, 0.29) is 0 Å². The van der Waals surface area contributed by atoms with Gasteiger partial charge in [-0.05, 0) is 43.0 Å². The third-order valence-corrected chi connectivity index (χ3v) is 4.73. The van der Waals surface area contributed by atoms with Crippen molar-refractivity contribution in [2.75, 3.05) is 0 Å². The first-order valence-electron chi connectivity index (χ1n) is 8.10. The van der Waals surface area contributed by atoms with Gasteiger partial charge in [-0.3, -0.25) is 0 Å².